The van der Waals surface area contributed by atoms with Gasteiger partial charge in [0.2, 0.25) is 5.91 Å². The van der Waals surface area contributed by atoms with Gasteiger partial charge in [0.05, 0.1) is 11.7 Å². The zero-order valence-electron chi connectivity index (χ0n) is 16.6. The second kappa shape index (κ2) is 7.58. The lowest BCUT2D eigenvalue weighted by Crippen LogP contribution is -2.29. The van der Waals surface area contributed by atoms with Crippen LogP contribution in [0.2, 0.25) is 0 Å². The van der Waals surface area contributed by atoms with E-state index in [1.165, 1.54) is 0 Å². The second-order valence-electron chi connectivity index (χ2n) is 7.41. The topological polar surface area (TPSA) is 77.0 Å². The summed E-state index contributed by atoms with van der Waals surface area (Å²) < 4.78 is 7.46. The van der Waals surface area contributed by atoms with Crippen molar-refractivity contribution in [1.82, 2.24) is 24.6 Å². The van der Waals surface area contributed by atoms with Crippen molar-refractivity contribution in [3.05, 3.63) is 53.4 Å². The molecule has 1 aliphatic heterocycles. The van der Waals surface area contributed by atoms with Crippen molar-refractivity contribution in [3.63, 3.8) is 0 Å². The van der Waals surface area contributed by atoms with Crippen LogP contribution in [0.1, 0.15) is 41.6 Å². The van der Waals surface area contributed by atoms with Gasteiger partial charge in [-0.25, -0.2) is 4.98 Å². The van der Waals surface area contributed by atoms with E-state index in [4.69, 9.17) is 4.52 Å². The molecule has 7 nitrogen and oxygen atoms in total. The lowest BCUT2D eigenvalue weighted by molar-refractivity contribution is -0.130. The molecular weight excluding hydrogens is 354 g/mol. The van der Waals surface area contributed by atoms with Crippen LogP contribution >= 0.6 is 0 Å². The summed E-state index contributed by atoms with van der Waals surface area (Å²) in [5, 5.41) is 3.97. The van der Waals surface area contributed by atoms with Crippen LogP contribution in [0.25, 0.3) is 11.4 Å². The number of hydrogen-bond donors (Lipinski definition) is 0. The Labute approximate surface area is 164 Å². The first kappa shape index (κ1) is 18.4. The van der Waals surface area contributed by atoms with E-state index in [0.717, 1.165) is 53.6 Å². The van der Waals surface area contributed by atoms with Gasteiger partial charge in [-0.05, 0) is 45.7 Å². The van der Waals surface area contributed by atoms with Crippen molar-refractivity contribution in [2.45, 2.75) is 46.1 Å². The molecule has 3 aromatic heterocycles. The van der Waals surface area contributed by atoms with Crippen molar-refractivity contribution >= 4 is 5.91 Å². The number of aryl methyl sites for hydroxylation is 3. The fourth-order valence-corrected chi connectivity index (χ4v) is 4.05. The average Bonchev–Trinajstić information content (AvgIpc) is 3.40. The van der Waals surface area contributed by atoms with E-state index in [2.05, 4.69) is 26.6 Å². The number of likely N-dealkylation sites (tertiary alicyclic amines) is 1. The van der Waals surface area contributed by atoms with Gasteiger partial charge in [-0.15, -0.1) is 0 Å². The Kier molecular flexibility index (Phi) is 4.98. The lowest BCUT2D eigenvalue weighted by atomic mass is 10.1. The Morgan fingerprint density at radius 3 is 2.75 bits per heavy atom. The van der Waals surface area contributed by atoms with Gasteiger partial charge in [-0.3, -0.25) is 9.78 Å². The largest absolute Gasteiger partial charge is 0.361 e. The van der Waals surface area contributed by atoms with Crippen LogP contribution in [0.3, 0.4) is 0 Å². The molecule has 28 heavy (non-hydrogen) atoms. The fourth-order valence-electron chi connectivity index (χ4n) is 4.05. The standard InChI is InChI=1S/C21H25N5O2/c1-14-12-23-21(17-6-9-22-10-7-17)26(14)18-8-11-25(13-18)20(27)5-4-19-15(2)24-28-16(19)3/h6-7,9-10,12,18H,4-5,8,11,13H2,1-3H3. The monoisotopic (exact) mass is 379 g/mol. The normalized spacial score (nSPS) is 16.7. The number of nitrogens with zero attached hydrogens (tertiary/aromatic N) is 5. The highest BCUT2D eigenvalue weighted by atomic mass is 16.5. The summed E-state index contributed by atoms with van der Waals surface area (Å²) in [4.78, 5) is 23.4. The quantitative estimate of drug-likeness (QED) is 0.680. The van der Waals surface area contributed by atoms with Crippen LogP contribution in [-0.4, -0.2) is 43.6 Å². The number of rotatable bonds is 5. The predicted octanol–water partition coefficient (Wildman–Crippen LogP) is 3.26. The number of pyridine rings is 1. The number of carbonyl (C=O) groups is 1. The molecule has 0 aromatic carbocycles. The third kappa shape index (κ3) is 3.44. The molecule has 1 unspecified atom stereocenters. The molecule has 7 heteroatoms. The van der Waals surface area contributed by atoms with E-state index in [1.807, 2.05) is 37.1 Å². The minimum absolute atomic E-state index is 0.186. The van der Waals surface area contributed by atoms with Gasteiger partial charge in [0.15, 0.2) is 0 Å². The Balaban J connectivity index is 1.45. The summed E-state index contributed by atoms with van der Waals surface area (Å²) in [5.74, 6) is 1.93. The summed E-state index contributed by atoms with van der Waals surface area (Å²) >= 11 is 0. The van der Waals surface area contributed by atoms with Crippen molar-refractivity contribution in [2.24, 2.45) is 0 Å². The molecule has 3 aromatic rings. The maximum Gasteiger partial charge on any atom is 0.222 e. The van der Waals surface area contributed by atoms with Crippen LogP contribution in [0.15, 0.2) is 35.2 Å². The van der Waals surface area contributed by atoms with Crippen molar-refractivity contribution < 1.29 is 9.32 Å². The molecule has 4 rings (SSSR count). The molecule has 146 valence electrons. The zero-order valence-corrected chi connectivity index (χ0v) is 16.6. The third-order valence-electron chi connectivity index (χ3n) is 5.57. The predicted molar refractivity (Wildman–Crippen MR) is 105 cm³/mol. The Hall–Kier alpha value is -2.96. The molecule has 1 saturated heterocycles. The molecule has 0 saturated carbocycles. The number of amides is 1. The van der Waals surface area contributed by atoms with Crippen LogP contribution in [0.4, 0.5) is 0 Å². The summed E-state index contributed by atoms with van der Waals surface area (Å²) in [7, 11) is 0. The molecule has 0 radical (unpaired) electrons. The first-order chi connectivity index (χ1) is 13.5. The third-order valence-corrected chi connectivity index (χ3v) is 5.57. The summed E-state index contributed by atoms with van der Waals surface area (Å²) in [5.41, 5.74) is 4.09. The first-order valence-corrected chi connectivity index (χ1v) is 9.68. The van der Waals surface area contributed by atoms with Gasteiger partial charge in [0, 0.05) is 54.9 Å². The van der Waals surface area contributed by atoms with E-state index in [0.29, 0.717) is 12.8 Å². The van der Waals surface area contributed by atoms with E-state index >= 15 is 0 Å². The first-order valence-electron chi connectivity index (χ1n) is 9.68. The number of hydrogen-bond acceptors (Lipinski definition) is 5. The Morgan fingerprint density at radius 1 is 1.25 bits per heavy atom. The van der Waals surface area contributed by atoms with Gasteiger partial charge in [-0.2, -0.15) is 0 Å². The lowest BCUT2D eigenvalue weighted by Gasteiger charge is -2.20. The second-order valence-corrected chi connectivity index (χ2v) is 7.41. The molecular formula is C21H25N5O2. The van der Waals surface area contributed by atoms with E-state index in [1.54, 1.807) is 12.4 Å². The highest BCUT2D eigenvalue weighted by Crippen LogP contribution is 2.30. The van der Waals surface area contributed by atoms with Gasteiger partial charge in [0.1, 0.15) is 11.6 Å². The molecule has 0 bridgehead atoms. The highest BCUT2D eigenvalue weighted by Gasteiger charge is 2.29. The number of aromatic nitrogens is 4. The molecule has 1 fully saturated rings. The Bertz CT molecular complexity index is 957. The average molecular weight is 379 g/mol. The van der Waals surface area contributed by atoms with Crippen molar-refractivity contribution in [2.75, 3.05) is 13.1 Å². The van der Waals surface area contributed by atoms with Gasteiger partial charge in [0.25, 0.3) is 0 Å². The number of imidazole rings is 1. The molecule has 0 spiro atoms. The molecule has 1 amide bonds. The maximum absolute atomic E-state index is 12.8. The minimum Gasteiger partial charge on any atom is -0.361 e. The van der Waals surface area contributed by atoms with E-state index in [9.17, 15) is 4.79 Å². The fraction of sp³-hybridized carbons (Fsp3) is 0.429. The van der Waals surface area contributed by atoms with Crippen molar-refractivity contribution in [3.8, 4) is 11.4 Å². The summed E-state index contributed by atoms with van der Waals surface area (Å²) in [6.07, 6.45) is 7.55. The smallest absolute Gasteiger partial charge is 0.222 e. The number of carbonyl (C=O) groups excluding carboxylic acids is 1. The van der Waals surface area contributed by atoms with Gasteiger partial charge in [-0.1, -0.05) is 5.16 Å². The van der Waals surface area contributed by atoms with Gasteiger partial charge >= 0.3 is 0 Å². The Morgan fingerprint density at radius 2 is 2.04 bits per heavy atom. The molecule has 4 heterocycles. The maximum atomic E-state index is 12.8. The SMILES string of the molecule is Cc1noc(C)c1CCC(=O)N1CCC(n2c(C)cnc2-c2ccncc2)C1. The van der Waals surface area contributed by atoms with E-state index in [-0.39, 0.29) is 11.9 Å². The van der Waals surface area contributed by atoms with Crippen LogP contribution in [0, 0.1) is 20.8 Å². The molecule has 1 atom stereocenters. The molecule has 0 aliphatic carbocycles. The summed E-state index contributed by atoms with van der Waals surface area (Å²) in [6.45, 7) is 7.38. The van der Waals surface area contributed by atoms with Crippen molar-refractivity contribution in [1.29, 1.82) is 0 Å². The van der Waals surface area contributed by atoms with Crippen LogP contribution in [-0.2, 0) is 11.2 Å². The highest BCUT2D eigenvalue weighted by molar-refractivity contribution is 5.77. The van der Waals surface area contributed by atoms with Crippen LogP contribution in [0.5, 0.6) is 0 Å². The van der Waals surface area contributed by atoms with Gasteiger partial charge < -0.3 is 14.0 Å². The molecule has 1 aliphatic rings. The van der Waals surface area contributed by atoms with E-state index < -0.39 is 0 Å². The summed E-state index contributed by atoms with van der Waals surface area (Å²) in [6, 6.07) is 4.19. The van der Waals surface area contributed by atoms with Crippen LogP contribution < -0.4 is 0 Å². The molecule has 0 N–H and O–H groups in total. The minimum atomic E-state index is 0.186. The zero-order chi connectivity index (χ0) is 19.7.